The van der Waals surface area contributed by atoms with E-state index in [-0.39, 0.29) is 16.0 Å². The monoisotopic (exact) mass is 427 g/mol. The lowest BCUT2D eigenvalue weighted by Crippen LogP contribution is -2.26. The third kappa shape index (κ3) is 4.72. The maximum absolute atomic E-state index is 12.9. The zero-order valence-corrected chi connectivity index (χ0v) is 16.8. The number of carbonyl (C=O) groups is 2. The van der Waals surface area contributed by atoms with Crippen molar-refractivity contribution in [1.29, 1.82) is 0 Å². The van der Waals surface area contributed by atoms with Gasteiger partial charge in [0.25, 0.3) is 10.0 Å². The van der Waals surface area contributed by atoms with Crippen LogP contribution in [0.4, 0.5) is 10.1 Å². The Morgan fingerprint density at radius 3 is 2.03 bits per heavy atom. The molecule has 30 heavy (non-hydrogen) atoms. The lowest BCUT2D eigenvalue weighted by atomic mass is 10.1. The minimum atomic E-state index is -3.80. The van der Waals surface area contributed by atoms with Crippen LogP contribution in [-0.2, 0) is 14.8 Å². The number of benzene rings is 3. The van der Waals surface area contributed by atoms with Crippen LogP contribution in [0.25, 0.3) is 0 Å². The number of nitrogens with zero attached hydrogens (tertiary/aromatic N) is 1. The van der Waals surface area contributed by atoms with Crippen molar-refractivity contribution in [2.45, 2.75) is 4.90 Å². The first-order valence-corrected chi connectivity index (χ1v) is 10.3. The molecule has 0 amide bonds. The number of ketones is 1. The van der Waals surface area contributed by atoms with E-state index in [4.69, 9.17) is 4.74 Å². The smallest absolute Gasteiger partial charge is 0.338 e. The highest BCUT2D eigenvalue weighted by atomic mass is 32.2. The van der Waals surface area contributed by atoms with Crippen molar-refractivity contribution in [1.82, 2.24) is 0 Å². The molecule has 0 bridgehead atoms. The first kappa shape index (κ1) is 21.2. The fraction of sp³-hybridized carbons (Fsp3) is 0.0909. The summed E-state index contributed by atoms with van der Waals surface area (Å²) in [5.74, 6) is -1.73. The molecule has 154 valence electrons. The van der Waals surface area contributed by atoms with Crippen LogP contribution in [0.5, 0.6) is 0 Å². The Morgan fingerprint density at radius 1 is 0.867 bits per heavy atom. The van der Waals surface area contributed by atoms with Crippen molar-refractivity contribution < 1.29 is 27.1 Å². The minimum absolute atomic E-state index is 0.00721. The summed E-state index contributed by atoms with van der Waals surface area (Å²) in [5, 5.41) is 0. The second kappa shape index (κ2) is 8.87. The molecule has 3 aromatic carbocycles. The van der Waals surface area contributed by atoms with E-state index in [0.29, 0.717) is 5.69 Å². The van der Waals surface area contributed by atoms with Gasteiger partial charge in [-0.25, -0.2) is 17.6 Å². The molecule has 0 atom stereocenters. The molecule has 3 rings (SSSR count). The summed E-state index contributed by atoms with van der Waals surface area (Å²) >= 11 is 0. The number of sulfonamides is 1. The Kier molecular flexibility index (Phi) is 6.27. The molecule has 0 N–H and O–H groups in total. The molecule has 0 spiro atoms. The number of hydrogen-bond donors (Lipinski definition) is 0. The van der Waals surface area contributed by atoms with E-state index in [0.717, 1.165) is 16.4 Å². The average Bonchev–Trinajstić information content (AvgIpc) is 2.77. The maximum Gasteiger partial charge on any atom is 0.338 e. The van der Waals surface area contributed by atoms with Gasteiger partial charge in [0.05, 0.1) is 16.1 Å². The van der Waals surface area contributed by atoms with Crippen molar-refractivity contribution in [3.8, 4) is 0 Å². The second-order valence-electron chi connectivity index (χ2n) is 6.34. The number of anilines is 1. The first-order chi connectivity index (χ1) is 14.3. The van der Waals surface area contributed by atoms with Gasteiger partial charge in [0.1, 0.15) is 5.82 Å². The number of halogens is 1. The molecule has 0 saturated heterocycles. The second-order valence-corrected chi connectivity index (χ2v) is 8.31. The molecule has 0 aliphatic carbocycles. The summed E-state index contributed by atoms with van der Waals surface area (Å²) in [6.07, 6.45) is 0. The Bertz CT molecular complexity index is 1140. The van der Waals surface area contributed by atoms with Gasteiger partial charge in [-0.2, -0.15) is 0 Å². The van der Waals surface area contributed by atoms with Crippen molar-refractivity contribution in [3.63, 3.8) is 0 Å². The topological polar surface area (TPSA) is 80.8 Å². The number of ether oxygens (including phenoxy) is 1. The lowest BCUT2D eigenvalue weighted by molar-refractivity contribution is 0.0474. The molecule has 0 heterocycles. The SMILES string of the molecule is CN(c1ccccc1)S(=O)(=O)c1ccc(C(=O)OCC(=O)c2ccc(F)cc2)cc1. The van der Waals surface area contributed by atoms with Gasteiger partial charge in [-0.1, -0.05) is 18.2 Å². The highest BCUT2D eigenvalue weighted by molar-refractivity contribution is 7.92. The number of esters is 1. The first-order valence-electron chi connectivity index (χ1n) is 8.89. The summed E-state index contributed by atoms with van der Waals surface area (Å²) in [5.41, 5.74) is 0.818. The molecule has 0 unspecified atom stereocenters. The Hall–Kier alpha value is -3.52. The van der Waals surface area contributed by atoms with E-state index < -0.39 is 34.2 Å². The van der Waals surface area contributed by atoms with Crippen molar-refractivity contribution in [3.05, 3.63) is 95.8 Å². The van der Waals surface area contributed by atoms with E-state index >= 15 is 0 Å². The Labute approximate surface area is 173 Å². The number of Topliss-reactive ketones (excluding diaryl/α,β-unsaturated/α-hetero) is 1. The Balaban J connectivity index is 1.66. The van der Waals surface area contributed by atoms with E-state index in [1.165, 1.54) is 43.4 Å². The largest absolute Gasteiger partial charge is 0.454 e. The third-order valence-corrected chi connectivity index (χ3v) is 6.17. The minimum Gasteiger partial charge on any atom is -0.454 e. The van der Waals surface area contributed by atoms with Crippen LogP contribution in [0.3, 0.4) is 0 Å². The van der Waals surface area contributed by atoms with Crippen LogP contribution in [-0.4, -0.2) is 33.8 Å². The van der Waals surface area contributed by atoms with Crippen LogP contribution in [0.15, 0.2) is 83.8 Å². The molecule has 0 aliphatic rings. The molecule has 0 aliphatic heterocycles. The van der Waals surface area contributed by atoms with Crippen LogP contribution < -0.4 is 4.31 Å². The fourth-order valence-corrected chi connectivity index (χ4v) is 3.83. The number of hydrogen-bond acceptors (Lipinski definition) is 5. The van der Waals surface area contributed by atoms with Crippen molar-refractivity contribution >= 4 is 27.5 Å². The van der Waals surface area contributed by atoms with Crippen molar-refractivity contribution in [2.75, 3.05) is 18.0 Å². The van der Waals surface area contributed by atoms with Gasteiger partial charge in [0.2, 0.25) is 0 Å². The standard InChI is InChI=1S/C22H18FNO5S/c1-24(19-5-3-2-4-6-19)30(27,28)20-13-9-17(10-14-20)22(26)29-15-21(25)16-7-11-18(23)12-8-16/h2-14H,15H2,1H3. The quantitative estimate of drug-likeness (QED) is 0.424. The number of rotatable bonds is 7. The van der Waals surface area contributed by atoms with Gasteiger partial charge >= 0.3 is 5.97 Å². The molecular weight excluding hydrogens is 409 g/mol. The van der Waals surface area contributed by atoms with Gasteiger partial charge in [0, 0.05) is 12.6 Å². The van der Waals surface area contributed by atoms with Crippen LogP contribution in [0, 0.1) is 5.82 Å². The van der Waals surface area contributed by atoms with Gasteiger partial charge in [-0.3, -0.25) is 9.10 Å². The summed E-state index contributed by atoms with van der Waals surface area (Å²) in [7, 11) is -2.36. The molecule has 6 nitrogen and oxygen atoms in total. The highest BCUT2D eigenvalue weighted by Crippen LogP contribution is 2.22. The summed E-state index contributed by atoms with van der Waals surface area (Å²) in [6.45, 7) is -0.513. The van der Waals surface area contributed by atoms with Crippen LogP contribution in [0.2, 0.25) is 0 Å². The van der Waals surface area contributed by atoms with Gasteiger partial charge in [-0.05, 0) is 60.7 Å². The average molecular weight is 427 g/mol. The molecule has 0 saturated carbocycles. The number of carbonyl (C=O) groups excluding carboxylic acids is 2. The molecule has 0 radical (unpaired) electrons. The Morgan fingerprint density at radius 2 is 1.43 bits per heavy atom. The highest BCUT2D eigenvalue weighted by Gasteiger charge is 2.22. The van der Waals surface area contributed by atoms with Crippen LogP contribution >= 0.6 is 0 Å². The molecule has 8 heteroatoms. The summed E-state index contributed by atoms with van der Waals surface area (Å²) in [4.78, 5) is 24.2. The third-order valence-electron chi connectivity index (χ3n) is 4.37. The predicted octanol–water partition coefficient (Wildman–Crippen LogP) is 3.69. The van der Waals surface area contributed by atoms with E-state index in [2.05, 4.69) is 0 Å². The lowest BCUT2D eigenvalue weighted by Gasteiger charge is -2.19. The number of para-hydroxylation sites is 1. The predicted molar refractivity (Wildman–Crippen MR) is 109 cm³/mol. The molecular formula is C22H18FNO5S. The fourth-order valence-electron chi connectivity index (χ4n) is 2.63. The molecule has 0 aromatic heterocycles. The van der Waals surface area contributed by atoms with Gasteiger partial charge < -0.3 is 4.74 Å². The normalized spacial score (nSPS) is 11.0. The van der Waals surface area contributed by atoms with E-state index in [1.54, 1.807) is 30.3 Å². The summed E-state index contributed by atoms with van der Waals surface area (Å²) < 4.78 is 44.5. The van der Waals surface area contributed by atoms with E-state index in [9.17, 15) is 22.4 Å². The van der Waals surface area contributed by atoms with Crippen LogP contribution in [0.1, 0.15) is 20.7 Å². The zero-order valence-electron chi connectivity index (χ0n) is 16.0. The van der Waals surface area contributed by atoms with E-state index in [1.807, 2.05) is 0 Å². The molecule has 0 fully saturated rings. The summed E-state index contributed by atoms with van der Waals surface area (Å²) in [6, 6.07) is 18.7. The maximum atomic E-state index is 12.9. The van der Waals surface area contributed by atoms with Gasteiger partial charge in [0.15, 0.2) is 12.4 Å². The van der Waals surface area contributed by atoms with Crippen molar-refractivity contribution in [2.24, 2.45) is 0 Å². The van der Waals surface area contributed by atoms with Gasteiger partial charge in [-0.15, -0.1) is 0 Å². The molecule has 3 aromatic rings. The zero-order chi connectivity index (χ0) is 21.7.